The molecule has 0 aromatic rings. The second kappa shape index (κ2) is 18.4. The minimum Gasteiger partial charge on any atom is -0.478 e. The predicted octanol–water partition coefficient (Wildman–Crippen LogP) is -8.23. The number of thioether (sulfide) groups is 2. The topological polar surface area (TPSA) is 369 Å². The van der Waals surface area contributed by atoms with Crippen molar-refractivity contribution in [3.05, 3.63) is 0 Å². The van der Waals surface area contributed by atoms with Crippen LogP contribution in [0.5, 0.6) is 0 Å². The zero-order chi connectivity index (χ0) is 30.4. The minimum atomic E-state index is -2.01. The van der Waals surface area contributed by atoms with Gasteiger partial charge in [0, 0.05) is 24.6 Å². The van der Waals surface area contributed by atoms with Crippen LogP contribution in [-0.2, 0) is 9.59 Å². The third-order valence-corrected chi connectivity index (χ3v) is 7.90. The van der Waals surface area contributed by atoms with Crippen LogP contribution >= 0.6 is 23.5 Å². The first-order valence-corrected chi connectivity index (χ1v) is 12.6. The lowest BCUT2D eigenvalue weighted by Crippen LogP contribution is -2.50. The number of carboxylic acids is 2. The molecule has 0 aromatic heterocycles. The van der Waals surface area contributed by atoms with Crippen molar-refractivity contribution in [3.63, 3.8) is 0 Å². The summed E-state index contributed by atoms with van der Waals surface area (Å²) in [6, 6.07) is 0. The Bertz CT molecular complexity index is 603. The quantitative estimate of drug-likeness (QED) is 0.0985. The van der Waals surface area contributed by atoms with E-state index in [1.165, 1.54) is 0 Å². The van der Waals surface area contributed by atoms with Gasteiger partial charge in [-0.2, -0.15) is 0 Å². The van der Waals surface area contributed by atoms with Crippen molar-refractivity contribution < 1.29 is 81.1 Å². The fourth-order valence-electron chi connectivity index (χ4n) is 2.17. The van der Waals surface area contributed by atoms with E-state index in [1.807, 2.05) is 0 Å². The summed E-state index contributed by atoms with van der Waals surface area (Å²) in [7, 11) is 0. The summed E-state index contributed by atoms with van der Waals surface area (Å²) in [4.78, 5) is 17.1. The Morgan fingerprint density at radius 1 is 0.605 bits per heavy atom. The number of aliphatic hydroxyl groups excluding tert-OH is 10. The van der Waals surface area contributed by atoms with Gasteiger partial charge in [-0.05, 0) is 0 Å². The first-order chi connectivity index (χ1) is 17.4. The largest absolute Gasteiger partial charge is 0.478 e. The molecule has 0 bridgehead atoms. The minimum absolute atomic E-state index is 0.226. The van der Waals surface area contributed by atoms with Gasteiger partial charge in [-0.25, -0.2) is 9.59 Å². The molecule has 0 aromatic carbocycles. The molecular formula is C18H38N2O16S2. The molecule has 18 nitrogen and oxygen atoms in total. The van der Waals surface area contributed by atoms with E-state index >= 15 is 0 Å². The molecule has 2 unspecified atom stereocenters. The van der Waals surface area contributed by atoms with E-state index in [0.717, 1.165) is 0 Å². The van der Waals surface area contributed by atoms with Crippen molar-refractivity contribution in [1.82, 2.24) is 0 Å². The fraction of sp³-hybridized carbons (Fsp3) is 0.889. The summed E-state index contributed by atoms with van der Waals surface area (Å²) in [6.07, 6.45) is -11.8. The van der Waals surface area contributed by atoms with Gasteiger partial charge in [0.1, 0.15) is 36.6 Å². The number of nitrogens with two attached hydrogens (primary N) is 2. The van der Waals surface area contributed by atoms with Gasteiger partial charge in [0.2, 0.25) is 9.87 Å². The van der Waals surface area contributed by atoms with Gasteiger partial charge >= 0.3 is 11.9 Å². The molecule has 38 heavy (non-hydrogen) atoms. The lowest BCUT2D eigenvalue weighted by atomic mass is 10.0. The highest BCUT2D eigenvalue weighted by molar-refractivity contribution is 8.08. The number of carbonyl (C=O) groups is 2. The number of hydrogen-bond acceptors (Lipinski definition) is 18. The highest BCUT2D eigenvalue weighted by Crippen LogP contribution is 2.42. The van der Waals surface area contributed by atoms with Gasteiger partial charge in [0.15, 0.2) is 0 Å². The van der Waals surface area contributed by atoms with Crippen molar-refractivity contribution >= 4 is 35.5 Å². The standard InChI is InChI=1S/2C6H15NO5.C6H8O6S2/c2*7-1-3(9)5(11)6(12)4(10)2-8;7-3(8)5(11)1-13-6(12,2-14-5)4(9)10/h2*3-6,8-12H,1-2,7H2;11-12H,1-2H2,(H,7,8)(H,9,10)/t2*3-,4+,5+,6+;/m00./s1. The summed E-state index contributed by atoms with van der Waals surface area (Å²) < 4.78 is 0. The fourth-order valence-corrected chi connectivity index (χ4v) is 4.55. The van der Waals surface area contributed by atoms with E-state index in [-0.39, 0.29) is 24.6 Å². The molecule has 228 valence electrons. The van der Waals surface area contributed by atoms with Crippen LogP contribution in [0.25, 0.3) is 0 Å². The number of hydrogen-bond donors (Lipinski definition) is 16. The van der Waals surface area contributed by atoms with E-state index in [0.29, 0.717) is 23.5 Å². The van der Waals surface area contributed by atoms with Crippen LogP contribution in [0.2, 0.25) is 0 Å². The van der Waals surface area contributed by atoms with Crippen LogP contribution in [0, 0.1) is 0 Å². The van der Waals surface area contributed by atoms with Gasteiger partial charge < -0.3 is 83.0 Å². The molecule has 0 amide bonds. The normalized spacial score (nSPS) is 27.5. The molecule has 1 rings (SSSR count). The second-order valence-corrected chi connectivity index (χ2v) is 10.3. The Morgan fingerprint density at radius 2 is 0.842 bits per heavy atom. The second-order valence-electron chi connectivity index (χ2n) is 7.82. The maximum atomic E-state index is 10.5. The summed E-state index contributed by atoms with van der Waals surface area (Å²) in [5, 5.41) is 124. The lowest BCUT2D eigenvalue weighted by molar-refractivity contribution is -0.150. The molecule has 0 saturated carbocycles. The Balaban J connectivity index is 0. The van der Waals surface area contributed by atoms with Crippen LogP contribution < -0.4 is 11.5 Å². The first kappa shape index (κ1) is 39.2. The Hall–Kier alpha value is -0.920. The molecule has 10 atom stereocenters. The van der Waals surface area contributed by atoms with E-state index < -0.39 is 83.9 Å². The SMILES string of the molecule is NC[C@H](O)[C@@H](O)[C@H](O)[C@H](O)CO.NC[C@H](O)[C@@H](O)[C@H](O)[C@H](O)CO.O=C(O)C1(O)CSC(O)(C(=O)O)CS1. The average molecular weight is 603 g/mol. The van der Waals surface area contributed by atoms with Crippen molar-refractivity contribution in [2.45, 2.75) is 58.7 Å². The molecule has 0 aliphatic carbocycles. The van der Waals surface area contributed by atoms with E-state index in [1.54, 1.807) is 0 Å². The molecule has 0 radical (unpaired) electrons. The van der Waals surface area contributed by atoms with Gasteiger partial charge in [0.05, 0.1) is 25.4 Å². The molecule has 1 fully saturated rings. The van der Waals surface area contributed by atoms with Crippen LogP contribution in [0.1, 0.15) is 0 Å². The number of aliphatic carboxylic acids is 2. The zero-order valence-electron chi connectivity index (χ0n) is 19.9. The van der Waals surface area contributed by atoms with Crippen LogP contribution in [-0.4, -0.2) is 180 Å². The van der Waals surface area contributed by atoms with Crippen LogP contribution in [0.3, 0.4) is 0 Å². The number of carboxylic acid groups (broad SMARTS) is 2. The molecule has 1 aliphatic rings. The maximum absolute atomic E-state index is 10.5. The molecule has 1 heterocycles. The molecule has 1 saturated heterocycles. The van der Waals surface area contributed by atoms with Crippen molar-refractivity contribution in [2.75, 3.05) is 37.8 Å². The van der Waals surface area contributed by atoms with Crippen molar-refractivity contribution in [1.29, 1.82) is 0 Å². The predicted molar refractivity (Wildman–Crippen MR) is 130 cm³/mol. The average Bonchev–Trinajstić information content (AvgIpc) is 2.91. The van der Waals surface area contributed by atoms with E-state index in [2.05, 4.69) is 0 Å². The molecule has 0 spiro atoms. The molecule has 20 heteroatoms. The smallest absolute Gasteiger partial charge is 0.347 e. The number of rotatable bonds is 12. The van der Waals surface area contributed by atoms with E-state index in [9.17, 15) is 19.8 Å². The zero-order valence-corrected chi connectivity index (χ0v) is 21.5. The highest BCUT2D eigenvalue weighted by atomic mass is 32.2. The van der Waals surface area contributed by atoms with E-state index in [4.69, 9.17) is 72.7 Å². The van der Waals surface area contributed by atoms with Gasteiger partial charge in [-0.1, -0.05) is 0 Å². The Labute approximate surface area is 224 Å². The highest BCUT2D eigenvalue weighted by Gasteiger charge is 2.50. The maximum Gasteiger partial charge on any atom is 0.347 e. The van der Waals surface area contributed by atoms with Gasteiger partial charge in [-0.15, -0.1) is 23.5 Å². The molecular weight excluding hydrogens is 564 g/mol. The number of aliphatic hydroxyl groups is 12. The van der Waals surface area contributed by atoms with Crippen molar-refractivity contribution in [3.8, 4) is 0 Å². The third-order valence-electron chi connectivity index (χ3n) is 4.82. The van der Waals surface area contributed by atoms with Crippen molar-refractivity contribution in [2.24, 2.45) is 11.5 Å². The van der Waals surface area contributed by atoms with Crippen LogP contribution in [0.15, 0.2) is 0 Å². The Morgan fingerprint density at radius 3 is 1.00 bits per heavy atom. The van der Waals surface area contributed by atoms with Gasteiger partial charge in [-0.3, -0.25) is 0 Å². The summed E-state index contributed by atoms with van der Waals surface area (Å²) in [6.45, 7) is -1.82. The monoisotopic (exact) mass is 602 g/mol. The summed E-state index contributed by atoms with van der Waals surface area (Å²) in [5.41, 5.74) is 9.97. The van der Waals surface area contributed by atoms with Gasteiger partial charge in [0.25, 0.3) is 0 Å². The molecule has 18 N–H and O–H groups in total. The lowest BCUT2D eigenvalue weighted by Gasteiger charge is -2.34. The Kier molecular flexibility index (Phi) is 19.0. The summed E-state index contributed by atoms with van der Waals surface area (Å²) in [5.74, 6) is -3.59. The first-order valence-electron chi connectivity index (χ1n) is 10.6. The summed E-state index contributed by atoms with van der Waals surface area (Å²) >= 11 is 1.03. The van der Waals surface area contributed by atoms with Crippen LogP contribution in [0.4, 0.5) is 0 Å². The third kappa shape index (κ3) is 12.5. The molecule has 1 aliphatic heterocycles.